The Labute approximate surface area is 153 Å². The summed E-state index contributed by atoms with van der Waals surface area (Å²) >= 11 is 6.03. The highest BCUT2D eigenvalue weighted by molar-refractivity contribution is 6.30. The summed E-state index contributed by atoms with van der Waals surface area (Å²) in [7, 11) is 0. The van der Waals surface area contributed by atoms with Crippen LogP contribution in [0.3, 0.4) is 0 Å². The third-order valence-corrected chi connectivity index (χ3v) is 4.89. The van der Waals surface area contributed by atoms with Gasteiger partial charge in [-0.05, 0) is 43.5 Å². The molecule has 0 atom stereocenters. The summed E-state index contributed by atoms with van der Waals surface area (Å²) in [6, 6.07) is 7.75. The van der Waals surface area contributed by atoms with E-state index in [1.165, 1.54) is 12.8 Å². The smallest absolute Gasteiger partial charge is 0.242 e. The van der Waals surface area contributed by atoms with Gasteiger partial charge in [0.05, 0.1) is 13.1 Å². The SMILES string of the molecule is O=C(CNCC1CC1)NCC(=O)N1CCN(c2cccc(Cl)c2)CC1. The second-order valence-corrected chi connectivity index (χ2v) is 7.14. The van der Waals surface area contributed by atoms with Gasteiger partial charge in [0.2, 0.25) is 11.8 Å². The van der Waals surface area contributed by atoms with Gasteiger partial charge in [0.25, 0.3) is 0 Å². The van der Waals surface area contributed by atoms with Crippen LogP contribution in [0.25, 0.3) is 0 Å². The summed E-state index contributed by atoms with van der Waals surface area (Å²) in [4.78, 5) is 28.0. The van der Waals surface area contributed by atoms with E-state index >= 15 is 0 Å². The van der Waals surface area contributed by atoms with Gasteiger partial charge in [-0.1, -0.05) is 17.7 Å². The number of anilines is 1. The zero-order chi connectivity index (χ0) is 17.6. The fourth-order valence-corrected chi connectivity index (χ4v) is 3.13. The molecule has 0 aromatic heterocycles. The van der Waals surface area contributed by atoms with Crippen molar-refractivity contribution >= 4 is 29.1 Å². The summed E-state index contributed by atoms with van der Waals surface area (Å²) in [6.45, 7) is 4.09. The van der Waals surface area contributed by atoms with Crippen LogP contribution in [0.5, 0.6) is 0 Å². The molecule has 6 nitrogen and oxygen atoms in total. The second kappa shape index (κ2) is 8.54. The molecule has 0 radical (unpaired) electrons. The highest BCUT2D eigenvalue weighted by Crippen LogP contribution is 2.27. The zero-order valence-electron chi connectivity index (χ0n) is 14.3. The first-order valence-electron chi connectivity index (χ1n) is 8.87. The van der Waals surface area contributed by atoms with Crippen LogP contribution in [-0.4, -0.2) is 62.5 Å². The van der Waals surface area contributed by atoms with Gasteiger partial charge in [-0.15, -0.1) is 0 Å². The predicted molar refractivity (Wildman–Crippen MR) is 98.8 cm³/mol. The zero-order valence-corrected chi connectivity index (χ0v) is 15.1. The largest absolute Gasteiger partial charge is 0.368 e. The quantitative estimate of drug-likeness (QED) is 0.760. The molecule has 1 aliphatic heterocycles. The van der Waals surface area contributed by atoms with E-state index < -0.39 is 0 Å². The molecule has 7 heteroatoms. The lowest BCUT2D eigenvalue weighted by molar-refractivity contribution is -0.132. The van der Waals surface area contributed by atoms with Crippen molar-refractivity contribution in [1.82, 2.24) is 15.5 Å². The van der Waals surface area contributed by atoms with Gasteiger partial charge >= 0.3 is 0 Å². The number of benzene rings is 1. The van der Waals surface area contributed by atoms with Gasteiger partial charge in [-0.3, -0.25) is 9.59 Å². The lowest BCUT2D eigenvalue weighted by Crippen LogP contribution is -2.51. The average Bonchev–Trinajstić information content (AvgIpc) is 3.44. The monoisotopic (exact) mass is 364 g/mol. The number of amides is 2. The molecule has 3 rings (SSSR count). The van der Waals surface area contributed by atoms with Crippen LogP contribution >= 0.6 is 11.6 Å². The molecule has 1 aliphatic carbocycles. The van der Waals surface area contributed by atoms with Crippen LogP contribution in [0.4, 0.5) is 5.69 Å². The summed E-state index contributed by atoms with van der Waals surface area (Å²) in [5.74, 6) is 0.595. The Morgan fingerprint density at radius 3 is 2.56 bits per heavy atom. The fraction of sp³-hybridized carbons (Fsp3) is 0.556. The van der Waals surface area contributed by atoms with E-state index in [2.05, 4.69) is 15.5 Å². The normalized spacial score (nSPS) is 17.5. The molecule has 0 bridgehead atoms. The molecule has 0 spiro atoms. The van der Waals surface area contributed by atoms with E-state index in [0.29, 0.717) is 18.1 Å². The molecule has 2 aliphatic rings. The topological polar surface area (TPSA) is 64.7 Å². The molecule has 1 aromatic carbocycles. The Morgan fingerprint density at radius 1 is 1.12 bits per heavy atom. The third-order valence-electron chi connectivity index (χ3n) is 4.66. The van der Waals surface area contributed by atoms with Gasteiger partial charge in [0, 0.05) is 36.9 Å². The van der Waals surface area contributed by atoms with E-state index in [1.54, 1.807) is 4.90 Å². The molecule has 2 N–H and O–H groups in total. The molecule has 2 amide bonds. The molecule has 2 fully saturated rings. The van der Waals surface area contributed by atoms with Gasteiger partial charge in [0.15, 0.2) is 0 Å². The van der Waals surface area contributed by atoms with Crippen LogP contribution in [0.1, 0.15) is 12.8 Å². The van der Waals surface area contributed by atoms with Crippen molar-refractivity contribution in [2.75, 3.05) is 50.7 Å². The summed E-state index contributed by atoms with van der Waals surface area (Å²) in [5.41, 5.74) is 1.08. The molecule has 0 unspecified atom stereocenters. The Hall–Kier alpha value is -1.79. The van der Waals surface area contributed by atoms with Crippen molar-refractivity contribution in [3.63, 3.8) is 0 Å². The van der Waals surface area contributed by atoms with E-state index in [9.17, 15) is 9.59 Å². The molecule has 1 heterocycles. The number of piperazine rings is 1. The van der Waals surface area contributed by atoms with Crippen molar-refractivity contribution in [3.8, 4) is 0 Å². The first kappa shape index (κ1) is 18.0. The third kappa shape index (κ3) is 5.61. The maximum atomic E-state index is 12.2. The standard InChI is InChI=1S/C18H25ClN4O2/c19-15-2-1-3-16(10-15)22-6-8-23(9-7-22)18(25)13-21-17(24)12-20-11-14-4-5-14/h1-3,10,14,20H,4-9,11-13H2,(H,21,24). The van der Waals surface area contributed by atoms with Gasteiger partial charge in [-0.25, -0.2) is 0 Å². The molecular formula is C18H25ClN4O2. The minimum absolute atomic E-state index is 0.0266. The van der Waals surface area contributed by atoms with Crippen molar-refractivity contribution in [3.05, 3.63) is 29.3 Å². The van der Waals surface area contributed by atoms with E-state index in [0.717, 1.165) is 31.2 Å². The molecule has 1 aromatic rings. The minimum Gasteiger partial charge on any atom is -0.368 e. The van der Waals surface area contributed by atoms with Crippen molar-refractivity contribution in [2.45, 2.75) is 12.8 Å². The number of carbonyl (C=O) groups is 2. The number of rotatable bonds is 7. The lowest BCUT2D eigenvalue weighted by Gasteiger charge is -2.36. The Balaban J connectivity index is 1.35. The first-order chi connectivity index (χ1) is 12.1. The summed E-state index contributed by atoms with van der Waals surface area (Å²) < 4.78 is 0. The van der Waals surface area contributed by atoms with Crippen molar-refractivity contribution in [1.29, 1.82) is 0 Å². The number of hydrogen-bond acceptors (Lipinski definition) is 4. The number of hydrogen-bond donors (Lipinski definition) is 2. The highest BCUT2D eigenvalue weighted by Gasteiger charge is 2.22. The van der Waals surface area contributed by atoms with Gasteiger partial charge < -0.3 is 20.4 Å². The van der Waals surface area contributed by atoms with Gasteiger partial charge in [-0.2, -0.15) is 0 Å². The van der Waals surface area contributed by atoms with Crippen LogP contribution in [0, 0.1) is 5.92 Å². The number of halogens is 1. The fourth-order valence-electron chi connectivity index (χ4n) is 2.95. The van der Waals surface area contributed by atoms with Crippen LogP contribution in [0.2, 0.25) is 5.02 Å². The second-order valence-electron chi connectivity index (χ2n) is 6.70. The Morgan fingerprint density at radius 2 is 1.88 bits per heavy atom. The van der Waals surface area contributed by atoms with E-state index in [-0.39, 0.29) is 24.9 Å². The molecule has 1 saturated carbocycles. The Kier molecular flexibility index (Phi) is 6.15. The maximum Gasteiger partial charge on any atom is 0.242 e. The van der Waals surface area contributed by atoms with Crippen LogP contribution < -0.4 is 15.5 Å². The molecule has 25 heavy (non-hydrogen) atoms. The van der Waals surface area contributed by atoms with Crippen molar-refractivity contribution < 1.29 is 9.59 Å². The Bertz CT molecular complexity index is 613. The van der Waals surface area contributed by atoms with E-state index in [1.807, 2.05) is 24.3 Å². The van der Waals surface area contributed by atoms with Gasteiger partial charge in [0.1, 0.15) is 0 Å². The van der Waals surface area contributed by atoms with Crippen LogP contribution in [0.15, 0.2) is 24.3 Å². The minimum atomic E-state index is -0.119. The van der Waals surface area contributed by atoms with Crippen molar-refractivity contribution in [2.24, 2.45) is 5.92 Å². The number of carbonyl (C=O) groups excluding carboxylic acids is 2. The number of nitrogens with one attached hydrogen (secondary N) is 2. The summed E-state index contributed by atoms with van der Waals surface area (Å²) in [6.07, 6.45) is 2.52. The first-order valence-corrected chi connectivity index (χ1v) is 9.25. The van der Waals surface area contributed by atoms with E-state index in [4.69, 9.17) is 11.6 Å². The number of nitrogens with zero attached hydrogens (tertiary/aromatic N) is 2. The molecule has 136 valence electrons. The molecule has 1 saturated heterocycles. The maximum absolute atomic E-state index is 12.2. The highest BCUT2D eigenvalue weighted by atomic mass is 35.5. The van der Waals surface area contributed by atoms with Crippen LogP contribution in [-0.2, 0) is 9.59 Å². The lowest BCUT2D eigenvalue weighted by atomic mass is 10.2. The molecular weight excluding hydrogens is 340 g/mol. The summed E-state index contributed by atoms with van der Waals surface area (Å²) in [5, 5.41) is 6.54. The average molecular weight is 365 g/mol. The predicted octanol–water partition coefficient (Wildman–Crippen LogP) is 1.10.